The minimum Gasteiger partial charge on any atom is -0.497 e. The summed E-state index contributed by atoms with van der Waals surface area (Å²) in [6.07, 6.45) is 0. The normalized spacial score (nSPS) is 11.1. The zero-order chi connectivity index (χ0) is 19.9. The number of carbonyl (C=O) groups excluding carboxylic acids is 1. The van der Waals surface area contributed by atoms with Gasteiger partial charge in [0.1, 0.15) is 23.9 Å². The summed E-state index contributed by atoms with van der Waals surface area (Å²) in [7, 11) is -2.33. The predicted octanol–water partition coefficient (Wildman–Crippen LogP) is 1.62. The van der Waals surface area contributed by atoms with Crippen LogP contribution >= 0.6 is 0 Å². The van der Waals surface area contributed by atoms with Gasteiger partial charge in [-0.1, -0.05) is 0 Å². The second-order valence-corrected chi connectivity index (χ2v) is 7.38. The average molecular weight is 396 g/mol. The van der Waals surface area contributed by atoms with Crippen LogP contribution in [0.4, 0.5) is 4.39 Å². The van der Waals surface area contributed by atoms with Gasteiger partial charge in [-0.15, -0.1) is 0 Å². The minimum atomic E-state index is -3.90. The van der Waals surface area contributed by atoms with E-state index in [0.29, 0.717) is 11.5 Å². The molecule has 27 heavy (non-hydrogen) atoms. The van der Waals surface area contributed by atoms with E-state index in [1.165, 1.54) is 13.0 Å². The van der Waals surface area contributed by atoms with Gasteiger partial charge >= 0.3 is 0 Å². The Labute approximate surface area is 157 Å². The molecule has 0 aliphatic heterocycles. The molecule has 9 heteroatoms. The van der Waals surface area contributed by atoms with Gasteiger partial charge < -0.3 is 14.8 Å². The van der Waals surface area contributed by atoms with Crippen molar-refractivity contribution in [1.29, 1.82) is 0 Å². The highest BCUT2D eigenvalue weighted by Gasteiger charge is 2.16. The average Bonchev–Trinajstić information content (AvgIpc) is 2.66. The Balaban J connectivity index is 1.74. The molecule has 0 aromatic heterocycles. The highest BCUT2D eigenvalue weighted by molar-refractivity contribution is 7.89. The number of nitrogens with one attached hydrogen (secondary N) is 2. The van der Waals surface area contributed by atoms with Crippen LogP contribution in [0.15, 0.2) is 47.4 Å². The molecular formula is C18H21FN2O5S. The van der Waals surface area contributed by atoms with E-state index in [0.717, 1.165) is 12.1 Å². The maximum absolute atomic E-state index is 13.2. The summed E-state index contributed by atoms with van der Waals surface area (Å²) in [5, 5.41) is 2.54. The molecule has 0 fully saturated rings. The van der Waals surface area contributed by atoms with Gasteiger partial charge in [0.05, 0.1) is 25.1 Å². The fourth-order valence-electron chi connectivity index (χ4n) is 2.12. The number of sulfonamides is 1. The molecule has 146 valence electrons. The smallest absolute Gasteiger partial charge is 0.241 e. The lowest BCUT2D eigenvalue weighted by Crippen LogP contribution is -2.38. The number of amides is 1. The van der Waals surface area contributed by atoms with Crippen LogP contribution in [-0.4, -0.2) is 41.1 Å². The third-order valence-corrected chi connectivity index (χ3v) is 5.01. The molecule has 0 bridgehead atoms. The summed E-state index contributed by atoms with van der Waals surface area (Å²) < 4.78 is 50.1. The summed E-state index contributed by atoms with van der Waals surface area (Å²) in [5.41, 5.74) is 0.206. The monoisotopic (exact) mass is 396 g/mol. The third kappa shape index (κ3) is 6.22. The number of methoxy groups -OCH3 is 1. The molecule has 0 spiro atoms. The molecule has 0 aliphatic rings. The fraction of sp³-hybridized carbons (Fsp3) is 0.278. The van der Waals surface area contributed by atoms with Crippen LogP contribution in [0.1, 0.15) is 5.56 Å². The summed E-state index contributed by atoms with van der Waals surface area (Å²) >= 11 is 0. The van der Waals surface area contributed by atoms with Crippen LogP contribution < -0.4 is 19.5 Å². The second-order valence-electron chi connectivity index (χ2n) is 5.61. The maximum Gasteiger partial charge on any atom is 0.241 e. The van der Waals surface area contributed by atoms with Crippen molar-refractivity contribution in [2.24, 2.45) is 0 Å². The van der Waals surface area contributed by atoms with Gasteiger partial charge in [0, 0.05) is 0 Å². The third-order valence-electron chi connectivity index (χ3n) is 3.61. The van der Waals surface area contributed by atoms with Gasteiger partial charge in [0.15, 0.2) is 0 Å². The van der Waals surface area contributed by atoms with E-state index in [-0.39, 0.29) is 23.6 Å². The van der Waals surface area contributed by atoms with E-state index in [9.17, 15) is 17.6 Å². The van der Waals surface area contributed by atoms with Gasteiger partial charge in [0.2, 0.25) is 15.9 Å². The van der Waals surface area contributed by atoms with Crippen LogP contribution in [-0.2, 0) is 14.8 Å². The fourth-order valence-corrected chi connectivity index (χ4v) is 3.19. The van der Waals surface area contributed by atoms with E-state index in [2.05, 4.69) is 10.0 Å². The molecule has 1 amide bonds. The van der Waals surface area contributed by atoms with E-state index in [4.69, 9.17) is 9.47 Å². The summed E-state index contributed by atoms with van der Waals surface area (Å²) in [6, 6.07) is 10.4. The van der Waals surface area contributed by atoms with Crippen molar-refractivity contribution in [3.05, 3.63) is 53.8 Å². The Morgan fingerprint density at radius 3 is 2.41 bits per heavy atom. The number of rotatable bonds is 9. The SMILES string of the molecule is COc1ccc(OCCNC(=O)CNS(=O)(=O)c2ccc(F)c(C)c2)cc1. The first-order chi connectivity index (χ1) is 12.8. The topological polar surface area (TPSA) is 93.7 Å². The Bertz CT molecular complexity index is 885. The second kappa shape index (κ2) is 9.33. The first-order valence-corrected chi connectivity index (χ1v) is 9.59. The minimum absolute atomic E-state index is 0.1000. The maximum atomic E-state index is 13.2. The van der Waals surface area contributed by atoms with Gasteiger partial charge in [-0.3, -0.25) is 4.79 Å². The Morgan fingerprint density at radius 2 is 1.78 bits per heavy atom. The highest BCUT2D eigenvalue weighted by Crippen LogP contribution is 2.16. The van der Waals surface area contributed by atoms with E-state index >= 15 is 0 Å². The molecule has 0 saturated carbocycles. The predicted molar refractivity (Wildman–Crippen MR) is 97.8 cm³/mol. The lowest BCUT2D eigenvalue weighted by molar-refractivity contribution is -0.120. The van der Waals surface area contributed by atoms with Crippen molar-refractivity contribution < 1.29 is 27.1 Å². The number of benzene rings is 2. The molecule has 2 aromatic rings. The van der Waals surface area contributed by atoms with Gasteiger partial charge in [0.25, 0.3) is 0 Å². The van der Waals surface area contributed by atoms with E-state index in [1.54, 1.807) is 31.4 Å². The molecule has 0 heterocycles. The number of hydrogen-bond acceptors (Lipinski definition) is 5. The zero-order valence-electron chi connectivity index (χ0n) is 15.0. The van der Waals surface area contributed by atoms with Crippen molar-refractivity contribution in [3.63, 3.8) is 0 Å². The number of aryl methyl sites for hydroxylation is 1. The summed E-state index contributed by atoms with van der Waals surface area (Å²) in [5.74, 6) is 0.330. The Hall–Kier alpha value is -2.65. The molecule has 0 saturated heterocycles. The van der Waals surface area contributed by atoms with Crippen molar-refractivity contribution in [2.45, 2.75) is 11.8 Å². The summed E-state index contributed by atoms with van der Waals surface area (Å²) in [6.45, 7) is 1.47. The molecule has 0 atom stereocenters. The summed E-state index contributed by atoms with van der Waals surface area (Å²) in [4.78, 5) is 11.7. The zero-order valence-corrected chi connectivity index (χ0v) is 15.8. The van der Waals surface area contributed by atoms with Crippen LogP contribution in [0, 0.1) is 12.7 Å². The quantitative estimate of drug-likeness (QED) is 0.628. The first-order valence-electron chi connectivity index (χ1n) is 8.11. The van der Waals surface area contributed by atoms with Crippen molar-refractivity contribution in [2.75, 3.05) is 26.8 Å². The van der Waals surface area contributed by atoms with Crippen LogP contribution in [0.3, 0.4) is 0 Å². The number of halogens is 1. The van der Waals surface area contributed by atoms with Gasteiger partial charge in [-0.2, -0.15) is 0 Å². The molecular weight excluding hydrogens is 375 g/mol. The van der Waals surface area contributed by atoms with Crippen LogP contribution in [0.25, 0.3) is 0 Å². The highest BCUT2D eigenvalue weighted by atomic mass is 32.2. The number of hydrogen-bond donors (Lipinski definition) is 2. The standard InChI is InChI=1S/C18H21FN2O5S/c1-13-11-16(7-8-17(13)19)27(23,24)21-12-18(22)20-9-10-26-15-5-3-14(25-2)4-6-15/h3-8,11,21H,9-10,12H2,1-2H3,(H,20,22). The Kier molecular flexibility index (Phi) is 7.14. The number of carbonyl (C=O) groups is 1. The van der Waals surface area contributed by atoms with Crippen molar-refractivity contribution in [3.8, 4) is 11.5 Å². The molecule has 0 radical (unpaired) electrons. The largest absolute Gasteiger partial charge is 0.497 e. The Morgan fingerprint density at radius 1 is 1.11 bits per heavy atom. The molecule has 2 rings (SSSR count). The molecule has 0 unspecified atom stereocenters. The molecule has 2 N–H and O–H groups in total. The lowest BCUT2D eigenvalue weighted by Gasteiger charge is -2.10. The van der Waals surface area contributed by atoms with Gasteiger partial charge in [-0.05, 0) is 55.0 Å². The van der Waals surface area contributed by atoms with Crippen LogP contribution in [0.2, 0.25) is 0 Å². The molecule has 7 nitrogen and oxygen atoms in total. The first kappa shape index (κ1) is 20.7. The molecule has 0 aliphatic carbocycles. The van der Waals surface area contributed by atoms with E-state index in [1.807, 2.05) is 0 Å². The van der Waals surface area contributed by atoms with Crippen molar-refractivity contribution in [1.82, 2.24) is 10.0 Å². The number of ether oxygens (including phenoxy) is 2. The lowest BCUT2D eigenvalue weighted by atomic mass is 10.2. The molecule has 2 aromatic carbocycles. The van der Waals surface area contributed by atoms with E-state index < -0.39 is 28.3 Å². The van der Waals surface area contributed by atoms with Crippen LogP contribution in [0.5, 0.6) is 11.5 Å². The van der Waals surface area contributed by atoms with Crippen molar-refractivity contribution >= 4 is 15.9 Å². The van der Waals surface area contributed by atoms with Gasteiger partial charge in [-0.25, -0.2) is 17.5 Å².